The maximum atomic E-state index is 12.1. The number of aryl methyl sites for hydroxylation is 1. The lowest BCUT2D eigenvalue weighted by Crippen LogP contribution is -2.48. The van der Waals surface area contributed by atoms with Crippen molar-refractivity contribution >= 4 is 6.03 Å². The van der Waals surface area contributed by atoms with Crippen LogP contribution >= 0.6 is 0 Å². The van der Waals surface area contributed by atoms with Crippen LogP contribution in [-0.2, 0) is 0 Å². The molecule has 1 N–H and O–H groups in total. The molecule has 4 nitrogen and oxygen atoms in total. The molecule has 0 aliphatic carbocycles. The van der Waals surface area contributed by atoms with Gasteiger partial charge in [-0.15, -0.1) is 0 Å². The summed E-state index contributed by atoms with van der Waals surface area (Å²) in [5.74, 6) is 0.831. The van der Waals surface area contributed by atoms with Crippen LogP contribution < -0.4 is 10.1 Å². The summed E-state index contributed by atoms with van der Waals surface area (Å²) >= 11 is 0. The van der Waals surface area contributed by atoms with Crippen LogP contribution in [0.3, 0.4) is 0 Å². The van der Waals surface area contributed by atoms with E-state index in [-0.39, 0.29) is 12.8 Å². The minimum absolute atomic E-state index is 0.0255. The first-order valence-electron chi connectivity index (χ1n) is 7.33. The molecule has 2 rings (SSSR count). The van der Waals surface area contributed by atoms with E-state index < -0.39 is 0 Å². The Hall–Kier alpha value is -1.71. The third-order valence-corrected chi connectivity index (χ3v) is 4.07. The molecule has 1 saturated heterocycles. The zero-order valence-electron chi connectivity index (χ0n) is 12.6. The SMILES string of the molecule is Cc1cccc(OCNC(=O)N2CCCCC2C)c1C. The summed E-state index contributed by atoms with van der Waals surface area (Å²) in [6.45, 7) is 7.24. The van der Waals surface area contributed by atoms with Crippen molar-refractivity contribution in [3.05, 3.63) is 29.3 Å². The fourth-order valence-electron chi connectivity index (χ4n) is 2.56. The number of hydrogen-bond acceptors (Lipinski definition) is 2. The van der Waals surface area contributed by atoms with Crippen molar-refractivity contribution in [3.8, 4) is 5.75 Å². The van der Waals surface area contributed by atoms with Crippen molar-refractivity contribution in [2.45, 2.75) is 46.1 Å². The van der Waals surface area contributed by atoms with Crippen molar-refractivity contribution < 1.29 is 9.53 Å². The smallest absolute Gasteiger partial charge is 0.320 e. The van der Waals surface area contributed by atoms with Crippen molar-refractivity contribution in [2.75, 3.05) is 13.3 Å². The topological polar surface area (TPSA) is 41.6 Å². The van der Waals surface area contributed by atoms with Crippen LogP contribution in [0.15, 0.2) is 18.2 Å². The predicted octanol–water partition coefficient (Wildman–Crippen LogP) is 3.22. The third kappa shape index (κ3) is 3.44. The largest absolute Gasteiger partial charge is 0.473 e. The number of rotatable bonds is 3. The summed E-state index contributed by atoms with van der Waals surface area (Å²) < 4.78 is 5.66. The molecule has 0 radical (unpaired) electrons. The number of carbonyl (C=O) groups is 1. The molecule has 1 heterocycles. The van der Waals surface area contributed by atoms with Crippen molar-refractivity contribution in [2.24, 2.45) is 0 Å². The van der Waals surface area contributed by atoms with Gasteiger partial charge in [0.2, 0.25) is 0 Å². The summed E-state index contributed by atoms with van der Waals surface area (Å²) in [6, 6.07) is 6.24. The number of nitrogens with one attached hydrogen (secondary N) is 1. The van der Waals surface area contributed by atoms with Crippen LogP contribution in [0.2, 0.25) is 0 Å². The summed E-state index contributed by atoms with van der Waals surface area (Å²) in [4.78, 5) is 14.0. The summed E-state index contributed by atoms with van der Waals surface area (Å²) in [5.41, 5.74) is 2.31. The highest BCUT2D eigenvalue weighted by molar-refractivity contribution is 5.74. The zero-order chi connectivity index (χ0) is 14.5. The Morgan fingerprint density at radius 3 is 2.95 bits per heavy atom. The minimum Gasteiger partial charge on any atom is -0.473 e. The highest BCUT2D eigenvalue weighted by Crippen LogP contribution is 2.20. The number of amides is 2. The van der Waals surface area contributed by atoms with Gasteiger partial charge in [0.15, 0.2) is 6.73 Å². The van der Waals surface area contributed by atoms with Crippen LogP contribution in [-0.4, -0.2) is 30.2 Å². The predicted molar refractivity (Wildman–Crippen MR) is 80.0 cm³/mol. The maximum absolute atomic E-state index is 12.1. The average Bonchev–Trinajstić information content (AvgIpc) is 2.44. The normalized spacial score (nSPS) is 18.8. The molecule has 1 aliphatic rings. The number of benzene rings is 1. The second kappa shape index (κ2) is 6.64. The van der Waals surface area contributed by atoms with Gasteiger partial charge >= 0.3 is 6.03 Å². The average molecular weight is 276 g/mol. The number of likely N-dealkylation sites (tertiary alicyclic amines) is 1. The Balaban J connectivity index is 1.83. The molecule has 110 valence electrons. The Bertz CT molecular complexity index is 474. The van der Waals surface area contributed by atoms with Crippen LogP contribution in [0, 0.1) is 13.8 Å². The molecule has 1 aromatic carbocycles. The summed E-state index contributed by atoms with van der Waals surface area (Å²) in [6.07, 6.45) is 3.39. The van der Waals surface area contributed by atoms with E-state index >= 15 is 0 Å². The number of nitrogens with zero attached hydrogens (tertiary/aromatic N) is 1. The first-order chi connectivity index (χ1) is 9.59. The lowest BCUT2D eigenvalue weighted by atomic mass is 10.0. The highest BCUT2D eigenvalue weighted by Gasteiger charge is 2.22. The Morgan fingerprint density at radius 2 is 2.20 bits per heavy atom. The molecule has 2 amide bonds. The number of carbonyl (C=O) groups excluding carboxylic acids is 1. The molecule has 1 aliphatic heterocycles. The molecule has 1 unspecified atom stereocenters. The molecule has 1 fully saturated rings. The van der Waals surface area contributed by atoms with E-state index in [2.05, 4.69) is 25.2 Å². The van der Waals surface area contributed by atoms with Crippen molar-refractivity contribution in [3.63, 3.8) is 0 Å². The van der Waals surface area contributed by atoms with Crippen molar-refractivity contribution in [1.29, 1.82) is 0 Å². The van der Waals surface area contributed by atoms with Gasteiger partial charge in [0.25, 0.3) is 0 Å². The van der Waals surface area contributed by atoms with E-state index in [1.807, 2.05) is 24.0 Å². The lowest BCUT2D eigenvalue weighted by Gasteiger charge is -2.33. The van der Waals surface area contributed by atoms with Crippen LogP contribution in [0.5, 0.6) is 5.75 Å². The molecule has 0 aromatic heterocycles. The maximum Gasteiger partial charge on any atom is 0.320 e. The van der Waals surface area contributed by atoms with E-state index in [1.165, 1.54) is 12.0 Å². The number of piperidine rings is 1. The van der Waals surface area contributed by atoms with Crippen LogP contribution in [0.1, 0.15) is 37.3 Å². The fourth-order valence-corrected chi connectivity index (χ4v) is 2.56. The van der Waals surface area contributed by atoms with Gasteiger partial charge in [-0.3, -0.25) is 0 Å². The molecular weight excluding hydrogens is 252 g/mol. The van der Waals surface area contributed by atoms with E-state index in [9.17, 15) is 4.79 Å². The summed E-state index contributed by atoms with van der Waals surface area (Å²) in [5, 5.41) is 2.84. The molecule has 0 bridgehead atoms. The molecule has 0 spiro atoms. The fraction of sp³-hybridized carbons (Fsp3) is 0.562. The van der Waals surface area contributed by atoms with Gasteiger partial charge in [-0.2, -0.15) is 0 Å². The monoisotopic (exact) mass is 276 g/mol. The quantitative estimate of drug-likeness (QED) is 0.861. The molecule has 0 saturated carbocycles. The zero-order valence-corrected chi connectivity index (χ0v) is 12.6. The van der Waals surface area contributed by atoms with Gasteiger partial charge < -0.3 is 15.0 Å². The second-order valence-electron chi connectivity index (χ2n) is 5.51. The van der Waals surface area contributed by atoms with E-state index in [1.54, 1.807) is 0 Å². The first-order valence-corrected chi connectivity index (χ1v) is 7.33. The number of urea groups is 1. The first kappa shape index (κ1) is 14.7. The number of ether oxygens (including phenoxy) is 1. The Labute approximate surface area is 121 Å². The van der Waals surface area contributed by atoms with Crippen LogP contribution in [0.25, 0.3) is 0 Å². The van der Waals surface area contributed by atoms with Gasteiger partial charge in [0, 0.05) is 12.6 Å². The van der Waals surface area contributed by atoms with E-state index in [0.29, 0.717) is 6.04 Å². The number of hydrogen-bond donors (Lipinski definition) is 1. The van der Waals surface area contributed by atoms with Gasteiger partial charge in [-0.1, -0.05) is 12.1 Å². The lowest BCUT2D eigenvalue weighted by molar-refractivity contribution is 0.149. The Kier molecular flexibility index (Phi) is 4.88. The highest BCUT2D eigenvalue weighted by atomic mass is 16.5. The van der Waals surface area contributed by atoms with Gasteiger partial charge in [0.05, 0.1) is 0 Å². The van der Waals surface area contributed by atoms with Gasteiger partial charge in [-0.25, -0.2) is 4.79 Å². The summed E-state index contributed by atoms with van der Waals surface area (Å²) in [7, 11) is 0. The minimum atomic E-state index is -0.0255. The van der Waals surface area contributed by atoms with E-state index in [4.69, 9.17) is 4.74 Å². The van der Waals surface area contributed by atoms with E-state index in [0.717, 1.165) is 30.7 Å². The van der Waals surface area contributed by atoms with Gasteiger partial charge in [-0.05, 0) is 57.2 Å². The second-order valence-corrected chi connectivity index (χ2v) is 5.51. The van der Waals surface area contributed by atoms with Gasteiger partial charge in [0.1, 0.15) is 5.75 Å². The molecule has 20 heavy (non-hydrogen) atoms. The van der Waals surface area contributed by atoms with Crippen LogP contribution in [0.4, 0.5) is 4.79 Å². The molecular formula is C16H24N2O2. The molecule has 1 aromatic rings. The standard InChI is InChI=1S/C16H24N2O2/c1-12-7-6-9-15(14(12)3)20-11-17-16(19)18-10-5-4-8-13(18)2/h6-7,9,13H,4-5,8,10-11H2,1-3H3,(H,17,19). The molecule has 1 atom stereocenters. The Morgan fingerprint density at radius 1 is 1.40 bits per heavy atom. The van der Waals surface area contributed by atoms with Crippen molar-refractivity contribution in [1.82, 2.24) is 10.2 Å². The molecule has 4 heteroatoms. The third-order valence-electron chi connectivity index (χ3n) is 4.07.